The number of aromatic nitrogens is 2. The van der Waals surface area contributed by atoms with E-state index in [0.717, 1.165) is 28.2 Å². The van der Waals surface area contributed by atoms with E-state index in [9.17, 15) is 0 Å². The van der Waals surface area contributed by atoms with Crippen LogP contribution >= 0.6 is 0 Å². The third kappa shape index (κ3) is 3.71. The largest absolute Gasteiger partial charge is 0.544 e. The van der Waals surface area contributed by atoms with E-state index in [1.54, 1.807) is 0 Å². The summed E-state index contributed by atoms with van der Waals surface area (Å²) in [6, 6.07) is 12.4. The Morgan fingerprint density at radius 3 is 2.36 bits per heavy atom. The molecule has 2 aromatic heterocycles. The number of rotatable bonds is 4. The van der Waals surface area contributed by atoms with E-state index in [1.807, 2.05) is 36.1 Å². The minimum Gasteiger partial charge on any atom is -0.544 e. The van der Waals surface area contributed by atoms with Crippen molar-refractivity contribution in [3.05, 3.63) is 48.8 Å². The Hall–Kier alpha value is -2.27. The van der Waals surface area contributed by atoms with E-state index < -0.39 is 8.32 Å². The molecular weight excluding hydrogens is 326 g/mol. The van der Waals surface area contributed by atoms with Gasteiger partial charge in [-0.3, -0.25) is 0 Å². The lowest BCUT2D eigenvalue weighted by molar-refractivity contribution is 0.492. The van der Waals surface area contributed by atoms with Gasteiger partial charge in [-0.05, 0) is 54.5 Å². The highest BCUT2D eigenvalue weighted by atomic mass is 28.4. The number of aryl methyl sites for hydroxylation is 1. The molecule has 0 unspecified atom stereocenters. The van der Waals surface area contributed by atoms with Crippen molar-refractivity contribution in [1.82, 2.24) is 9.55 Å². The summed E-state index contributed by atoms with van der Waals surface area (Å²) in [5, 5.41) is 4.73. The first-order valence-corrected chi connectivity index (χ1v) is 11.5. The van der Waals surface area contributed by atoms with E-state index in [1.165, 1.54) is 0 Å². The summed E-state index contributed by atoms with van der Waals surface area (Å²) >= 11 is 0. The predicted octanol–water partition coefficient (Wildman–Crippen LogP) is 5.70. The zero-order chi connectivity index (χ0) is 18.2. The lowest BCUT2D eigenvalue weighted by atomic mass is 10.2. The van der Waals surface area contributed by atoms with Gasteiger partial charge in [0.15, 0.2) is 0 Å². The maximum Gasteiger partial charge on any atom is 0.250 e. The van der Waals surface area contributed by atoms with E-state index in [4.69, 9.17) is 4.43 Å². The molecular formula is C20H27N3OSi. The Morgan fingerprint density at radius 2 is 1.72 bits per heavy atom. The molecule has 0 amide bonds. The average Bonchev–Trinajstić information content (AvgIpc) is 2.89. The second-order valence-electron chi connectivity index (χ2n) is 8.08. The molecule has 0 bridgehead atoms. The molecule has 0 saturated carbocycles. The van der Waals surface area contributed by atoms with Crippen LogP contribution in [0, 0.1) is 0 Å². The third-order valence-electron chi connectivity index (χ3n) is 5.03. The maximum absolute atomic E-state index is 6.33. The molecule has 3 rings (SSSR count). The highest BCUT2D eigenvalue weighted by Gasteiger charge is 2.38. The first-order valence-electron chi connectivity index (χ1n) is 8.63. The molecule has 0 fully saturated rings. The number of hydrogen-bond acceptors (Lipinski definition) is 3. The molecule has 0 saturated heterocycles. The number of nitrogens with one attached hydrogen (secondary N) is 1. The lowest BCUT2D eigenvalue weighted by Crippen LogP contribution is -2.43. The molecule has 0 aliphatic rings. The number of benzene rings is 1. The Kier molecular flexibility index (Phi) is 4.37. The van der Waals surface area contributed by atoms with Crippen LogP contribution in [-0.4, -0.2) is 17.9 Å². The second kappa shape index (κ2) is 6.22. The fourth-order valence-corrected chi connectivity index (χ4v) is 3.48. The van der Waals surface area contributed by atoms with Crippen molar-refractivity contribution in [2.24, 2.45) is 7.05 Å². The zero-order valence-electron chi connectivity index (χ0n) is 15.9. The normalized spacial score (nSPS) is 12.4. The van der Waals surface area contributed by atoms with Crippen molar-refractivity contribution in [1.29, 1.82) is 0 Å². The quantitative estimate of drug-likeness (QED) is 0.611. The summed E-state index contributed by atoms with van der Waals surface area (Å²) in [4.78, 5) is 4.51. The van der Waals surface area contributed by atoms with Gasteiger partial charge >= 0.3 is 0 Å². The average molecular weight is 354 g/mol. The maximum atomic E-state index is 6.33. The molecule has 5 heteroatoms. The molecule has 0 aliphatic heterocycles. The molecule has 0 radical (unpaired) electrons. The van der Waals surface area contributed by atoms with Crippen molar-refractivity contribution in [3.63, 3.8) is 0 Å². The fourth-order valence-electron chi connectivity index (χ4n) is 2.44. The van der Waals surface area contributed by atoms with Gasteiger partial charge in [-0.25, -0.2) is 4.98 Å². The molecule has 4 nitrogen and oxygen atoms in total. The monoisotopic (exact) mass is 353 g/mol. The Labute approximate surface area is 151 Å². The Bertz CT molecular complexity index is 876. The van der Waals surface area contributed by atoms with E-state index in [0.29, 0.717) is 0 Å². The number of pyridine rings is 1. The predicted molar refractivity (Wildman–Crippen MR) is 108 cm³/mol. The summed E-state index contributed by atoms with van der Waals surface area (Å²) in [5.41, 5.74) is 3.00. The van der Waals surface area contributed by atoms with Crippen LogP contribution in [0.25, 0.3) is 11.0 Å². The van der Waals surface area contributed by atoms with Gasteiger partial charge in [0.1, 0.15) is 11.4 Å². The van der Waals surface area contributed by atoms with Gasteiger partial charge in [0.05, 0.1) is 11.9 Å². The van der Waals surface area contributed by atoms with Gasteiger partial charge < -0.3 is 14.3 Å². The molecule has 25 heavy (non-hydrogen) atoms. The van der Waals surface area contributed by atoms with Crippen molar-refractivity contribution < 1.29 is 4.43 Å². The highest BCUT2D eigenvalue weighted by Crippen LogP contribution is 2.37. The van der Waals surface area contributed by atoms with Crippen molar-refractivity contribution in [2.45, 2.75) is 38.9 Å². The molecule has 2 heterocycles. The van der Waals surface area contributed by atoms with Gasteiger partial charge in [0.2, 0.25) is 8.32 Å². The summed E-state index contributed by atoms with van der Waals surface area (Å²) in [6.45, 7) is 11.3. The Morgan fingerprint density at radius 1 is 1.04 bits per heavy atom. The summed E-state index contributed by atoms with van der Waals surface area (Å²) < 4.78 is 8.35. The zero-order valence-corrected chi connectivity index (χ0v) is 16.9. The van der Waals surface area contributed by atoms with Crippen LogP contribution in [0.1, 0.15) is 20.8 Å². The SMILES string of the molecule is Cn1ccc2cc(Nc3ccc(O[Si](C)(C)C(C)(C)C)cc3)cnc21. The molecule has 3 aromatic rings. The number of hydrogen-bond donors (Lipinski definition) is 1. The number of anilines is 2. The molecule has 0 atom stereocenters. The summed E-state index contributed by atoms with van der Waals surface area (Å²) in [7, 11) is 0.205. The van der Waals surface area contributed by atoms with Crippen molar-refractivity contribution in [3.8, 4) is 5.75 Å². The van der Waals surface area contributed by atoms with E-state index in [-0.39, 0.29) is 5.04 Å². The first kappa shape index (κ1) is 17.5. The summed E-state index contributed by atoms with van der Waals surface area (Å²) in [5.74, 6) is 0.939. The molecule has 132 valence electrons. The van der Waals surface area contributed by atoms with Crippen LogP contribution in [0.5, 0.6) is 5.75 Å². The van der Waals surface area contributed by atoms with Crippen LogP contribution < -0.4 is 9.74 Å². The Balaban J connectivity index is 1.73. The van der Waals surface area contributed by atoms with E-state index >= 15 is 0 Å². The van der Waals surface area contributed by atoms with Gasteiger partial charge in [0, 0.05) is 24.3 Å². The molecule has 0 spiro atoms. The first-order chi connectivity index (χ1) is 11.7. The minimum atomic E-state index is -1.80. The number of nitrogens with zero attached hydrogens (tertiary/aromatic N) is 2. The highest BCUT2D eigenvalue weighted by molar-refractivity contribution is 6.74. The van der Waals surface area contributed by atoms with Crippen molar-refractivity contribution >= 4 is 30.7 Å². The molecule has 0 aliphatic carbocycles. The van der Waals surface area contributed by atoms with Crippen molar-refractivity contribution in [2.75, 3.05) is 5.32 Å². The van der Waals surface area contributed by atoms with Crippen LogP contribution in [-0.2, 0) is 7.05 Å². The van der Waals surface area contributed by atoms with Crippen LogP contribution in [0.3, 0.4) is 0 Å². The third-order valence-corrected chi connectivity index (χ3v) is 9.39. The second-order valence-corrected chi connectivity index (χ2v) is 12.8. The lowest BCUT2D eigenvalue weighted by Gasteiger charge is -2.36. The molecule has 1 aromatic carbocycles. The summed E-state index contributed by atoms with van der Waals surface area (Å²) in [6.07, 6.45) is 3.89. The van der Waals surface area contributed by atoms with Crippen LogP contribution in [0.15, 0.2) is 48.8 Å². The standard InChI is InChI=1S/C20H27N3OSi/c1-20(2,3)25(5,6)24-18-9-7-16(8-10-18)22-17-13-15-11-12-23(4)19(15)21-14-17/h7-14,22H,1-6H3. The van der Waals surface area contributed by atoms with Gasteiger partial charge in [-0.1, -0.05) is 20.8 Å². The van der Waals surface area contributed by atoms with Gasteiger partial charge in [-0.2, -0.15) is 0 Å². The van der Waals surface area contributed by atoms with Crippen LogP contribution in [0.4, 0.5) is 11.4 Å². The topological polar surface area (TPSA) is 39.1 Å². The van der Waals surface area contributed by atoms with Crippen LogP contribution in [0.2, 0.25) is 18.1 Å². The molecule has 1 N–H and O–H groups in total. The minimum absolute atomic E-state index is 0.195. The fraction of sp³-hybridized carbons (Fsp3) is 0.350. The van der Waals surface area contributed by atoms with Gasteiger partial charge in [0.25, 0.3) is 0 Å². The van der Waals surface area contributed by atoms with Gasteiger partial charge in [-0.15, -0.1) is 0 Å². The smallest absolute Gasteiger partial charge is 0.250 e. The number of fused-ring (bicyclic) bond motifs is 1. The van der Waals surface area contributed by atoms with E-state index in [2.05, 4.69) is 68.4 Å².